The maximum Gasteiger partial charge on any atom is 0.415 e. The number of carboxylic acids is 1. The summed E-state index contributed by atoms with van der Waals surface area (Å²) in [4.78, 5) is 33.8. The van der Waals surface area contributed by atoms with Gasteiger partial charge >= 0.3 is 17.7 Å². The van der Waals surface area contributed by atoms with E-state index in [2.05, 4.69) is 15.9 Å². The van der Waals surface area contributed by atoms with Crippen molar-refractivity contribution in [2.45, 2.75) is 26.4 Å². The SMILES string of the molecule is CC(C)(C)OC(=O)N(CC(=O)O)c1c(Cl)cc(Br)c(F)c1[N+](=O)[O-]. The molecule has 0 atom stereocenters. The van der Waals surface area contributed by atoms with Crippen molar-refractivity contribution in [3.05, 3.63) is 31.5 Å². The number of amides is 1. The fraction of sp³-hybridized carbons (Fsp3) is 0.385. The van der Waals surface area contributed by atoms with E-state index < -0.39 is 46.3 Å². The molecule has 24 heavy (non-hydrogen) atoms. The van der Waals surface area contributed by atoms with E-state index in [0.29, 0.717) is 4.90 Å². The van der Waals surface area contributed by atoms with Crippen molar-refractivity contribution >= 4 is 51.0 Å². The summed E-state index contributed by atoms with van der Waals surface area (Å²) in [6, 6.07) is 0.985. The number of carbonyl (C=O) groups excluding carboxylic acids is 1. The first-order valence-corrected chi connectivity index (χ1v) is 7.56. The van der Waals surface area contributed by atoms with E-state index in [4.69, 9.17) is 21.4 Å². The van der Waals surface area contributed by atoms with Crippen LogP contribution in [0.2, 0.25) is 5.02 Å². The Morgan fingerprint density at radius 1 is 1.50 bits per heavy atom. The number of nitro groups is 1. The molecule has 1 rings (SSSR count). The molecule has 0 saturated heterocycles. The summed E-state index contributed by atoms with van der Waals surface area (Å²) >= 11 is 8.67. The lowest BCUT2D eigenvalue weighted by atomic mass is 10.2. The molecule has 0 spiro atoms. The van der Waals surface area contributed by atoms with Gasteiger partial charge in [-0.05, 0) is 42.8 Å². The summed E-state index contributed by atoms with van der Waals surface area (Å²) in [6.07, 6.45) is -1.21. The zero-order chi connectivity index (χ0) is 18.8. The molecule has 0 aliphatic rings. The molecule has 11 heteroatoms. The van der Waals surface area contributed by atoms with Gasteiger partial charge in [-0.25, -0.2) is 4.79 Å². The molecule has 0 aromatic heterocycles. The third-order valence-electron chi connectivity index (χ3n) is 2.48. The fourth-order valence-electron chi connectivity index (χ4n) is 1.68. The lowest BCUT2D eigenvalue weighted by molar-refractivity contribution is -0.386. The first-order chi connectivity index (χ1) is 10.8. The zero-order valence-corrected chi connectivity index (χ0v) is 15.1. The Morgan fingerprint density at radius 3 is 2.46 bits per heavy atom. The average molecular weight is 428 g/mol. The number of carbonyl (C=O) groups is 2. The Morgan fingerprint density at radius 2 is 2.04 bits per heavy atom. The van der Waals surface area contributed by atoms with E-state index in [-0.39, 0.29) is 9.50 Å². The van der Waals surface area contributed by atoms with Crippen molar-refractivity contribution in [2.75, 3.05) is 11.4 Å². The van der Waals surface area contributed by atoms with Gasteiger partial charge in [0.2, 0.25) is 5.82 Å². The second kappa shape index (κ2) is 7.31. The van der Waals surface area contributed by atoms with Crippen LogP contribution in [-0.4, -0.2) is 34.2 Å². The summed E-state index contributed by atoms with van der Waals surface area (Å²) in [5.74, 6) is -2.78. The van der Waals surface area contributed by atoms with Gasteiger partial charge in [-0.3, -0.25) is 19.8 Å². The van der Waals surface area contributed by atoms with Gasteiger partial charge in [0.15, 0.2) is 0 Å². The standard InChI is InChI=1S/C13H13BrClFN2O6/c1-13(2,3)24-12(21)17(5-8(19)20)10-7(15)4-6(14)9(16)11(10)18(22)23/h4H,5H2,1-3H3,(H,19,20). The van der Waals surface area contributed by atoms with Crippen LogP contribution in [0.15, 0.2) is 10.5 Å². The number of rotatable bonds is 4. The summed E-state index contributed by atoms with van der Waals surface area (Å²) in [5.41, 5.74) is -2.84. The van der Waals surface area contributed by atoms with Crippen molar-refractivity contribution in [1.82, 2.24) is 0 Å². The number of halogens is 3. The molecule has 0 aliphatic carbocycles. The summed E-state index contributed by atoms with van der Waals surface area (Å²) in [7, 11) is 0. The Bertz CT molecular complexity index is 707. The normalized spacial score (nSPS) is 11.1. The van der Waals surface area contributed by atoms with Gasteiger partial charge in [-0.1, -0.05) is 11.6 Å². The van der Waals surface area contributed by atoms with Gasteiger partial charge in [-0.15, -0.1) is 0 Å². The first-order valence-electron chi connectivity index (χ1n) is 6.39. The highest BCUT2D eigenvalue weighted by atomic mass is 79.9. The lowest BCUT2D eigenvalue weighted by Crippen LogP contribution is -2.40. The van der Waals surface area contributed by atoms with Crippen molar-refractivity contribution in [3.8, 4) is 0 Å². The minimum absolute atomic E-state index is 0.303. The fourth-order valence-corrected chi connectivity index (χ4v) is 2.53. The van der Waals surface area contributed by atoms with Gasteiger partial charge < -0.3 is 9.84 Å². The number of hydrogen-bond donors (Lipinski definition) is 1. The third kappa shape index (κ3) is 4.78. The Hall–Kier alpha value is -1.94. The molecule has 0 unspecified atom stereocenters. The van der Waals surface area contributed by atoms with E-state index >= 15 is 0 Å². The molecule has 0 radical (unpaired) electrons. The van der Waals surface area contributed by atoms with Gasteiger partial charge in [0, 0.05) is 0 Å². The Balaban J connectivity index is 3.59. The molecule has 0 bridgehead atoms. The maximum atomic E-state index is 14.1. The molecule has 1 aromatic carbocycles. The Kier molecular flexibility index (Phi) is 6.12. The van der Waals surface area contributed by atoms with Crippen molar-refractivity contribution in [2.24, 2.45) is 0 Å². The number of nitrogens with zero attached hydrogens (tertiary/aromatic N) is 2. The molecule has 0 aliphatic heterocycles. The van der Waals surface area contributed by atoms with E-state index in [0.717, 1.165) is 6.07 Å². The minimum atomic E-state index is -1.49. The Labute approximate surface area is 149 Å². The van der Waals surface area contributed by atoms with Gasteiger partial charge in [-0.2, -0.15) is 4.39 Å². The average Bonchev–Trinajstić information content (AvgIpc) is 2.37. The highest BCUT2D eigenvalue weighted by Crippen LogP contribution is 2.41. The molecule has 1 amide bonds. The smallest absolute Gasteiger partial charge is 0.415 e. The monoisotopic (exact) mass is 426 g/mol. The van der Waals surface area contributed by atoms with Crippen molar-refractivity contribution in [1.29, 1.82) is 0 Å². The quantitative estimate of drug-likeness (QED) is 0.442. The van der Waals surface area contributed by atoms with E-state index in [1.165, 1.54) is 20.8 Å². The summed E-state index contributed by atoms with van der Waals surface area (Å²) in [6.45, 7) is 3.54. The van der Waals surface area contributed by atoms with Crippen LogP contribution in [-0.2, 0) is 9.53 Å². The number of anilines is 1. The van der Waals surface area contributed by atoms with Crippen LogP contribution in [0, 0.1) is 15.9 Å². The van der Waals surface area contributed by atoms with Crippen LogP contribution < -0.4 is 4.90 Å². The molecule has 1 N–H and O–H groups in total. The van der Waals surface area contributed by atoms with Gasteiger partial charge in [0.1, 0.15) is 17.8 Å². The number of carboxylic acid groups (broad SMARTS) is 1. The number of aliphatic carboxylic acids is 1. The number of hydrogen-bond acceptors (Lipinski definition) is 5. The molecule has 132 valence electrons. The number of nitro benzene ring substituents is 1. The molecule has 0 fully saturated rings. The number of ether oxygens (including phenoxy) is 1. The van der Waals surface area contributed by atoms with Gasteiger partial charge in [0.05, 0.1) is 14.4 Å². The highest BCUT2D eigenvalue weighted by molar-refractivity contribution is 9.10. The molecule has 0 heterocycles. The predicted molar refractivity (Wildman–Crippen MR) is 87.0 cm³/mol. The third-order valence-corrected chi connectivity index (χ3v) is 3.35. The molecule has 8 nitrogen and oxygen atoms in total. The largest absolute Gasteiger partial charge is 0.480 e. The maximum absolute atomic E-state index is 14.1. The summed E-state index contributed by atoms with van der Waals surface area (Å²) in [5, 5.41) is 19.8. The topological polar surface area (TPSA) is 110 Å². The van der Waals surface area contributed by atoms with Crippen LogP contribution in [0.5, 0.6) is 0 Å². The second-order valence-corrected chi connectivity index (χ2v) is 6.83. The molecule has 0 saturated carbocycles. The minimum Gasteiger partial charge on any atom is -0.480 e. The zero-order valence-electron chi connectivity index (χ0n) is 12.8. The van der Waals surface area contributed by atoms with Crippen LogP contribution in [0.1, 0.15) is 20.8 Å². The van der Waals surface area contributed by atoms with Crippen LogP contribution in [0.4, 0.5) is 20.6 Å². The van der Waals surface area contributed by atoms with E-state index in [9.17, 15) is 24.1 Å². The number of benzene rings is 1. The summed E-state index contributed by atoms with van der Waals surface area (Å²) < 4.78 is 18.8. The van der Waals surface area contributed by atoms with Crippen LogP contribution >= 0.6 is 27.5 Å². The highest BCUT2D eigenvalue weighted by Gasteiger charge is 2.35. The molecule has 1 aromatic rings. The first kappa shape index (κ1) is 20.1. The lowest BCUT2D eigenvalue weighted by Gasteiger charge is -2.26. The van der Waals surface area contributed by atoms with E-state index in [1.54, 1.807) is 0 Å². The van der Waals surface area contributed by atoms with Crippen LogP contribution in [0.3, 0.4) is 0 Å². The van der Waals surface area contributed by atoms with Gasteiger partial charge in [0.25, 0.3) is 0 Å². The van der Waals surface area contributed by atoms with E-state index in [1.807, 2.05) is 0 Å². The second-order valence-electron chi connectivity index (χ2n) is 5.57. The predicted octanol–water partition coefficient (Wildman–Crippen LogP) is 3.98. The van der Waals surface area contributed by atoms with Crippen molar-refractivity contribution in [3.63, 3.8) is 0 Å². The van der Waals surface area contributed by atoms with Crippen LogP contribution in [0.25, 0.3) is 0 Å². The van der Waals surface area contributed by atoms with Crippen molar-refractivity contribution < 1.29 is 28.7 Å². The molecular weight excluding hydrogens is 415 g/mol. The molecular formula is C13H13BrClFN2O6.